The zero-order valence-corrected chi connectivity index (χ0v) is 10.0. The molecule has 0 aliphatic rings. The van der Waals surface area contributed by atoms with Crippen molar-refractivity contribution >= 4 is 0 Å². The minimum absolute atomic E-state index is 0.784. The lowest BCUT2D eigenvalue weighted by Gasteiger charge is -2.04. The normalized spacial score (nSPS) is 10.9. The van der Waals surface area contributed by atoms with Crippen LogP contribution in [-0.4, -0.2) is 22.9 Å². The lowest BCUT2D eigenvalue weighted by molar-refractivity contribution is 0.624. The summed E-state index contributed by atoms with van der Waals surface area (Å²) in [7, 11) is 1.99. The lowest BCUT2D eigenvalue weighted by Crippen LogP contribution is -2.16. The van der Waals surface area contributed by atoms with Gasteiger partial charge in [0.25, 0.3) is 0 Å². The van der Waals surface area contributed by atoms with Crippen molar-refractivity contribution < 1.29 is 0 Å². The van der Waals surface area contributed by atoms with Crippen molar-refractivity contribution in [2.75, 3.05) is 13.1 Å². The molecule has 86 valence electrons. The first kappa shape index (κ1) is 12.2. The highest BCUT2D eigenvalue weighted by Gasteiger charge is 2.07. The van der Waals surface area contributed by atoms with Gasteiger partial charge in [-0.1, -0.05) is 0 Å². The Balaban J connectivity index is 2.37. The third-order valence-corrected chi connectivity index (χ3v) is 2.77. The van der Waals surface area contributed by atoms with Crippen LogP contribution in [0, 0.1) is 13.8 Å². The summed E-state index contributed by atoms with van der Waals surface area (Å²) in [5.74, 6) is 0. The molecule has 4 heteroatoms. The Morgan fingerprint density at radius 1 is 1.33 bits per heavy atom. The number of hydrogen-bond donors (Lipinski definition) is 2. The van der Waals surface area contributed by atoms with E-state index in [-0.39, 0.29) is 0 Å². The fraction of sp³-hybridized carbons (Fsp3) is 0.727. The Labute approximate surface area is 91.8 Å². The number of nitrogens with one attached hydrogen (secondary N) is 1. The average Bonchev–Trinajstić information content (AvgIpc) is 2.44. The predicted octanol–water partition coefficient (Wildman–Crippen LogP) is 0.865. The molecule has 4 nitrogen and oxygen atoms in total. The number of aryl methyl sites for hydroxylation is 2. The standard InChI is InChI=1S/C11H22N4/c1-9-11(10(2)15(3)14-9)8-13-7-5-4-6-12/h13H,4-8,12H2,1-3H3. The third-order valence-electron chi connectivity index (χ3n) is 2.77. The number of rotatable bonds is 6. The van der Waals surface area contributed by atoms with Crippen LogP contribution in [0.3, 0.4) is 0 Å². The van der Waals surface area contributed by atoms with Gasteiger partial charge in [0, 0.05) is 24.8 Å². The molecule has 0 aromatic carbocycles. The van der Waals surface area contributed by atoms with Crippen LogP contribution < -0.4 is 11.1 Å². The minimum atomic E-state index is 0.784. The molecule has 0 saturated carbocycles. The van der Waals surface area contributed by atoms with Gasteiger partial charge < -0.3 is 11.1 Å². The number of nitrogens with two attached hydrogens (primary N) is 1. The molecule has 1 heterocycles. The fourth-order valence-corrected chi connectivity index (χ4v) is 1.68. The second-order valence-electron chi connectivity index (χ2n) is 3.95. The number of nitrogens with zero attached hydrogens (tertiary/aromatic N) is 2. The first-order valence-corrected chi connectivity index (χ1v) is 5.56. The van der Waals surface area contributed by atoms with Crippen molar-refractivity contribution in [1.82, 2.24) is 15.1 Å². The van der Waals surface area contributed by atoms with Crippen molar-refractivity contribution in [2.24, 2.45) is 12.8 Å². The monoisotopic (exact) mass is 210 g/mol. The molecule has 15 heavy (non-hydrogen) atoms. The molecular formula is C11H22N4. The van der Waals surface area contributed by atoms with E-state index in [0.29, 0.717) is 0 Å². The molecule has 3 N–H and O–H groups in total. The van der Waals surface area contributed by atoms with Gasteiger partial charge in [-0.25, -0.2) is 0 Å². The van der Waals surface area contributed by atoms with E-state index in [0.717, 1.165) is 38.2 Å². The highest BCUT2D eigenvalue weighted by Crippen LogP contribution is 2.10. The molecule has 0 radical (unpaired) electrons. The van der Waals surface area contributed by atoms with E-state index in [9.17, 15) is 0 Å². The van der Waals surface area contributed by atoms with Gasteiger partial charge in [0.2, 0.25) is 0 Å². The number of unbranched alkanes of at least 4 members (excludes halogenated alkanes) is 1. The molecule has 0 bridgehead atoms. The van der Waals surface area contributed by atoms with E-state index in [1.54, 1.807) is 0 Å². The molecule has 0 aliphatic heterocycles. The highest BCUT2D eigenvalue weighted by atomic mass is 15.3. The van der Waals surface area contributed by atoms with Crippen molar-refractivity contribution in [3.05, 3.63) is 17.0 Å². The van der Waals surface area contributed by atoms with Crippen LogP contribution in [0.2, 0.25) is 0 Å². The molecule has 1 aromatic rings. The molecule has 0 unspecified atom stereocenters. The van der Waals surface area contributed by atoms with Crippen LogP contribution in [0.25, 0.3) is 0 Å². The minimum Gasteiger partial charge on any atom is -0.330 e. The van der Waals surface area contributed by atoms with E-state index in [1.807, 2.05) is 11.7 Å². The molecule has 1 aromatic heterocycles. The van der Waals surface area contributed by atoms with E-state index in [4.69, 9.17) is 5.73 Å². The second kappa shape index (κ2) is 5.88. The summed E-state index contributed by atoms with van der Waals surface area (Å²) in [5, 5.41) is 7.80. The molecular weight excluding hydrogens is 188 g/mol. The van der Waals surface area contributed by atoms with Gasteiger partial charge >= 0.3 is 0 Å². The van der Waals surface area contributed by atoms with E-state index in [2.05, 4.69) is 24.3 Å². The van der Waals surface area contributed by atoms with Gasteiger partial charge in [0.05, 0.1) is 5.69 Å². The van der Waals surface area contributed by atoms with Gasteiger partial charge in [0.1, 0.15) is 0 Å². The summed E-state index contributed by atoms with van der Waals surface area (Å²) in [5.41, 5.74) is 9.13. The molecule has 0 amide bonds. The topological polar surface area (TPSA) is 55.9 Å². The van der Waals surface area contributed by atoms with Crippen LogP contribution in [-0.2, 0) is 13.6 Å². The van der Waals surface area contributed by atoms with Crippen molar-refractivity contribution in [3.8, 4) is 0 Å². The third kappa shape index (κ3) is 3.32. The van der Waals surface area contributed by atoms with Gasteiger partial charge in [-0.2, -0.15) is 5.10 Å². The van der Waals surface area contributed by atoms with Crippen molar-refractivity contribution in [2.45, 2.75) is 33.2 Å². The van der Waals surface area contributed by atoms with Crippen LogP contribution in [0.1, 0.15) is 29.8 Å². The van der Waals surface area contributed by atoms with Gasteiger partial charge in [-0.05, 0) is 39.8 Å². The molecule has 0 spiro atoms. The quantitative estimate of drug-likeness (QED) is 0.685. The van der Waals surface area contributed by atoms with Crippen LogP contribution in [0.5, 0.6) is 0 Å². The Hall–Kier alpha value is -0.870. The SMILES string of the molecule is Cc1nn(C)c(C)c1CNCCCCN. The van der Waals surface area contributed by atoms with Crippen LogP contribution >= 0.6 is 0 Å². The maximum Gasteiger partial charge on any atom is 0.0641 e. The number of hydrogen-bond acceptors (Lipinski definition) is 3. The maximum atomic E-state index is 5.43. The second-order valence-corrected chi connectivity index (χ2v) is 3.95. The summed E-state index contributed by atoms with van der Waals surface area (Å²) in [6, 6.07) is 0. The molecule has 0 aliphatic carbocycles. The van der Waals surface area contributed by atoms with Crippen molar-refractivity contribution in [3.63, 3.8) is 0 Å². The predicted molar refractivity (Wildman–Crippen MR) is 62.7 cm³/mol. The first-order valence-electron chi connectivity index (χ1n) is 5.56. The lowest BCUT2D eigenvalue weighted by atomic mass is 10.2. The molecule has 0 saturated heterocycles. The van der Waals surface area contributed by atoms with E-state index in [1.165, 1.54) is 11.3 Å². The average molecular weight is 210 g/mol. The maximum absolute atomic E-state index is 5.43. The van der Waals surface area contributed by atoms with Crippen LogP contribution in [0.15, 0.2) is 0 Å². The summed E-state index contributed by atoms with van der Waals surface area (Å²) in [4.78, 5) is 0. The van der Waals surface area contributed by atoms with E-state index >= 15 is 0 Å². The summed E-state index contributed by atoms with van der Waals surface area (Å²) in [6.07, 6.45) is 2.24. The summed E-state index contributed by atoms with van der Waals surface area (Å²) in [6.45, 7) is 6.90. The Morgan fingerprint density at radius 2 is 2.07 bits per heavy atom. The first-order chi connectivity index (χ1) is 7.16. The van der Waals surface area contributed by atoms with Crippen molar-refractivity contribution in [1.29, 1.82) is 0 Å². The fourth-order valence-electron chi connectivity index (χ4n) is 1.68. The van der Waals surface area contributed by atoms with Crippen LogP contribution in [0.4, 0.5) is 0 Å². The molecule has 0 atom stereocenters. The Bertz CT molecular complexity index is 304. The van der Waals surface area contributed by atoms with Gasteiger partial charge in [-0.15, -0.1) is 0 Å². The Kier molecular flexibility index (Phi) is 4.78. The smallest absolute Gasteiger partial charge is 0.0641 e. The summed E-state index contributed by atoms with van der Waals surface area (Å²) >= 11 is 0. The number of aromatic nitrogens is 2. The van der Waals surface area contributed by atoms with E-state index < -0.39 is 0 Å². The Morgan fingerprint density at radius 3 is 2.60 bits per heavy atom. The largest absolute Gasteiger partial charge is 0.330 e. The molecule has 0 fully saturated rings. The molecule has 1 rings (SSSR count). The zero-order chi connectivity index (χ0) is 11.3. The van der Waals surface area contributed by atoms with Gasteiger partial charge in [0.15, 0.2) is 0 Å². The summed E-state index contributed by atoms with van der Waals surface area (Å²) < 4.78 is 1.94. The highest BCUT2D eigenvalue weighted by molar-refractivity contribution is 5.23. The zero-order valence-electron chi connectivity index (χ0n) is 10.0. The van der Waals surface area contributed by atoms with Gasteiger partial charge in [-0.3, -0.25) is 4.68 Å².